The van der Waals surface area contributed by atoms with E-state index in [0.717, 1.165) is 10.6 Å². The highest BCUT2D eigenvalue weighted by Gasteiger charge is 2.34. The first-order valence-corrected chi connectivity index (χ1v) is 8.66. The monoisotopic (exact) mass is 370 g/mol. The number of likely N-dealkylation sites (N-methyl/N-ethyl adjacent to an activating group) is 1. The van der Waals surface area contributed by atoms with Gasteiger partial charge in [-0.3, -0.25) is 4.79 Å². The first kappa shape index (κ1) is 18.4. The molecule has 1 aromatic carbocycles. The molecule has 1 fully saturated rings. The van der Waals surface area contributed by atoms with Gasteiger partial charge in [0.1, 0.15) is 12.4 Å². The number of aromatic nitrogens is 2. The molecule has 1 saturated heterocycles. The van der Waals surface area contributed by atoms with Gasteiger partial charge in [0.15, 0.2) is 0 Å². The van der Waals surface area contributed by atoms with Crippen LogP contribution in [0.2, 0.25) is 0 Å². The first-order valence-electron chi connectivity index (χ1n) is 8.66. The van der Waals surface area contributed by atoms with Crippen LogP contribution in [-0.4, -0.2) is 46.4 Å². The highest BCUT2D eigenvalue weighted by Crippen LogP contribution is 2.24. The van der Waals surface area contributed by atoms with Crippen LogP contribution in [0.1, 0.15) is 30.9 Å². The number of hydrogen-bond donors (Lipinski definition) is 3. The summed E-state index contributed by atoms with van der Waals surface area (Å²) < 4.78 is 0. The molecule has 2 heterocycles. The van der Waals surface area contributed by atoms with E-state index in [9.17, 15) is 14.4 Å². The Balaban J connectivity index is 1.70. The average Bonchev–Trinajstić information content (AvgIpc) is 3.16. The predicted octanol–water partition coefficient (Wildman–Crippen LogP) is 2.39. The van der Waals surface area contributed by atoms with Gasteiger partial charge in [-0.2, -0.15) is 0 Å². The molecule has 5 amide bonds. The number of aryl methyl sites for hydroxylation is 1. The molecule has 27 heavy (non-hydrogen) atoms. The van der Waals surface area contributed by atoms with Crippen molar-refractivity contribution in [3.05, 3.63) is 42.0 Å². The lowest BCUT2D eigenvalue weighted by atomic mass is 10.2. The molecule has 9 nitrogen and oxygen atoms in total. The van der Waals surface area contributed by atoms with Crippen molar-refractivity contribution in [1.29, 1.82) is 0 Å². The van der Waals surface area contributed by atoms with Gasteiger partial charge < -0.3 is 20.5 Å². The van der Waals surface area contributed by atoms with E-state index in [1.807, 2.05) is 13.8 Å². The van der Waals surface area contributed by atoms with Crippen molar-refractivity contribution >= 4 is 29.3 Å². The number of nitrogens with one attached hydrogen (secondary N) is 3. The molecule has 1 aliphatic heterocycles. The summed E-state index contributed by atoms with van der Waals surface area (Å²) in [5.74, 6) is 0.388. The number of nitrogens with zero attached hydrogens (tertiary/aromatic N) is 3. The summed E-state index contributed by atoms with van der Waals surface area (Å²) in [5.41, 5.74) is 1.81. The van der Waals surface area contributed by atoms with E-state index in [1.165, 1.54) is 4.90 Å². The minimum Gasteiger partial charge on any atom is -0.344 e. The van der Waals surface area contributed by atoms with Gasteiger partial charge in [-0.25, -0.2) is 19.5 Å². The van der Waals surface area contributed by atoms with Crippen molar-refractivity contribution in [3.63, 3.8) is 0 Å². The minimum atomic E-state index is -0.399. The number of carbonyl (C=O) groups excluding carboxylic acids is 3. The molecule has 1 atom stereocenters. The lowest BCUT2D eigenvalue weighted by Crippen LogP contribution is -2.33. The number of carbonyl (C=O) groups is 3. The average molecular weight is 370 g/mol. The number of H-pyrrole nitrogens is 1. The first-order chi connectivity index (χ1) is 12.9. The van der Waals surface area contributed by atoms with Crippen LogP contribution in [0, 0.1) is 6.92 Å². The minimum absolute atomic E-state index is 0.0394. The zero-order valence-electron chi connectivity index (χ0n) is 15.4. The van der Waals surface area contributed by atoms with Crippen molar-refractivity contribution in [1.82, 2.24) is 20.2 Å². The van der Waals surface area contributed by atoms with Gasteiger partial charge in [0.05, 0.1) is 11.7 Å². The van der Waals surface area contributed by atoms with Crippen molar-refractivity contribution in [3.8, 4) is 0 Å². The van der Waals surface area contributed by atoms with Crippen molar-refractivity contribution in [2.24, 2.45) is 0 Å². The molecule has 0 unspecified atom stereocenters. The van der Waals surface area contributed by atoms with Crippen LogP contribution in [0.4, 0.5) is 21.0 Å². The van der Waals surface area contributed by atoms with Gasteiger partial charge in [0.25, 0.3) is 5.91 Å². The number of imide groups is 1. The number of aromatic amines is 1. The standard InChI is InChI=1S/C18H22N6O3/c1-4-14(16-19-9-11(2)20-16)22-17(26)21-12-6-5-7-13(8-12)24-15(25)10-23(3)18(24)27/h5-9,14H,4,10H2,1-3H3,(H,19,20)(H2,21,22,26)/t14-/m1/s1. The zero-order valence-corrected chi connectivity index (χ0v) is 15.4. The number of anilines is 2. The molecule has 0 radical (unpaired) electrons. The second-order valence-electron chi connectivity index (χ2n) is 6.43. The molecule has 0 saturated carbocycles. The Morgan fingerprint density at radius 2 is 2.15 bits per heavy atom. The Bertz CT molecular complexity index is 877. The summed E-state index contributed by atoms with van der Waals surface area (Å²) in [4.78, 5) is 46.3. The molecular formula is C18H22N6O3. The Labute approximate surface area is 156 Å². The fourth-order valence-corrected chi connectivity index (χ4v) is 2.90. The lowest BCUT2D eigenvalue weighted by molar-refractivity contribution is -0.116. The lowest BCUT2D eigenvalue weighted by Gasteiger charge is -2.17. The molecule has 2 aromatic rings. The van der Waals surface area contributed by atoms with Gasteiger partial charge in [-0.15, -0.1) is 0 Å². The Morgan fingerprint density at radius 1 is 1.37 bits per heavy atom. The molecule has 142 valence electrons. The van der Waals surface area contributed by atoms with Crippen LogP contribution in [0.25, 0.3) is 0 Å². The van der Waals surface area contributed by atoms with Crippen LogP contribution in [0.5, 0.6) is 0 Å². The van der Waals surface area contributed by atoms with Crippen molar-refractivity contribution in [2.75, 3.05) is 23.8 Å². The highest BCUT2D eigenvalue weighted by atomic mass is 16.2. The molecular weight excluding hydrogens is 348 g/mol. The number of hydrogen-bond acceptors (Lipinski definition) is 4. The number of amides is 5. The Hall–Kier alpha value is -3.36. The maximum atomic E-state index is 12.4. The van der Waals surface area contributed by atoms with Gasteiger partial charge in [-0.1, -0.05) is 13.0 Å². The molecule has 3 rings (SSSR count). The van der Waals surface area contributed by atoms with Crippen LogP contribution in [0.3, 0.4) is 0 Å². The van der Waals surface area contributed by atoms with Gasteiger partial charge in [0.2, 0.25) is 0 Å². The summed E-state index contributed by atoms with van der Waals surface area (Å²) >= 11 is 0. The third kappa shape index (κ3) is 3.91. The quantitative estimate of drug-likeness (QED) is 0.702. The summed E-state index contributed by atoms with van der Waals surface area (Å²) in [6.07, 6.45) is 2.38. The van der Waals surface area contributed by atoms with E-state index in [0.29, 0.717) is 23.6 Å². The summed E-state index contributed by atoms with van der Waals surface area (Å²) in [6.45, 7) is 3.88. The number of rotatable bonds is 5. The molecule has 1 aliphatic rings. The smallest absolute Gasteiger partial charge is 0.331 e. The van der Waals surface area contributed by atoms with Gasteiger partial charge in [-0.05, 0) is 31.5 Å². The largest absolute Gasteiger partial charge is 0.344 e. The second-order valence-corrected chi connectivity index (χ2v) is 6.43. The normalized spacial score (nSPS) is 15.2. The van der Waals surface area contributed by atoms with E-state index >= 15 is 0 Å². The fourth-order valence-electron chi connectivity index (χ4n) is 2.90. The summed E-state index contributed by atoms with van der Waals surface area (Å²) in [7, 11) is 1.57. The van der Waals surface area contributed by atoms with Crippen LogP contribution in [0.15, 0.2) is 30.5 Å². The predicted molar refractivity (Wildman–Crippen MR) is 100 cm³/mol. The van der Waals surface area contributed by atoms with E-state index in [4.69, 9.17) is 0 Å². The van der Waals surface area contributed by atoms with Crippen LogP contribution >= 0.6 is 0 Å². The van der Waals surface area contributed by atoms with E-state index in [2.05, 4.69) is 20.6 Å². The Kier molecular flexibility index (Phi) is 5.11. The molecule has 3 N–H and O–H groups in total. The van der Waals surface area contributed by atoms with Gasteiger partial charge in [0, 0.05) is 24.6 Å². The van der Waals surface area contributed by atoms with Crippen LogP contribution in [-0.2, 0) is 4.79 Å². The maximum Gasteiger partial charge on any atom is 0.331 e. The number of benzene rings is 1. The molecule has 0 aliphatic carbocycles. The Morgan fingerprint density at radius 3 is 2.74 bits per heavy atom. The summed E-state index contributed by atoms with van der Waals surface area (Å²) in [6, 6.07) is 5.57. The third-order valence-corrected chi connectivity index (χ3v) is 4.27. The van der Waals surface area contributed by atoms with Gasteiger partial charge >= 0.3 is 12.1 Å². The summed E-state index contributed by atoms with van der Waals surface area (Å²) in [5, 5.41) is 5.59. The second kappa shape index (κ2) is 7.48. The highest BCUT2D eigenvalue weighted by molar-refractivity contribution is 6.19. The third-order valence-electron chi connectivity index (χ3n) is 4.27. The van der Waals surface area contributed by atoms with E-state index in [1.54, 1.807) is 37.5 Å². The van der Waals surface area contributed by atoms with Crippen LogP contribution < -0.4 is 15.5 Å². The van der Waals surface area contributed by atoms with Crippen molar-refractivity contribution < 1.29 is 14.4 Å². The fraction of sp³-hybridized carbons (Fsp3) is 0.333. The number of imidazole rings is 1. The zero-order chi connectivity index (χ0) is 19.6. The van der Waals surface area contributed by atoms with E-state index < -0.39 is 6.03 Å². The molecule has 1 aromatic heterocycles. The number of urea groups is 2. The maximum absolute atomic E-state index is 12.4. The molecule has 0 bridgehead atoms. The SMILES string of the molecule is CC[C@@H](NC(=O)Nc1cccc(N2C(=O)CN(C)C2=O)c1)c1ncc(C)[nH]1. The molecule has 0 spiro atoms. The van der Waals surface area contributed by atoms with E-state index in [-0.39, 0.29) is 24.5 Å². The van der Waals surface area contributed by atoms with Crippen molar-refractivity contribution in [2.45, 2.75) is 26.3 Å². The molecule has 9 heteroatoms. The topological polar surface area (TPSA) is 110 Å².